The van der Waals surface area contributed by atoms with Crippen LogP contribution in [0.25, 0.3) is 0 Å². The van der Waals surface area contributed by atoms with Gasteiger partial charge in [-0.2, -0.15) is 0 Å². The molecule has 0 saturated carbocycles. The molecular weight excluding hydrogens is 371 g/mol. The number of hydrogen-bond donors (Lipinski definition) is 0. The van der Waals surface area contributed by atoms with Gasteiger partial charge in [0.25, 0.3) is 0 Å². The third-order valence-corrected chi connectivity index (χ3v) is 4.25. The van der Waals surface area contributed by atoms with E-state index in [1.807, 2.05) is 0 Å². The first kappa shape index (κ1) is 20.8. The zero-order valence-electron chi connectivity index (χ0n) is 15.6. The number of carbonyl (C=O) groups is 1. The van der Waals surface area contributed by atoms with Crippen molar-refractivity contribution in [2.75, 3.05) is 21.3 Å². The molecule has 8 heteroatoms. The topological polar surface area (TPSA) is 80.3 Å². The lowest BCUT2D eigenvalue weighted by atomic mass is 9.97. The van der Waals surface area contributed by atoms with Gasteiger partial charge in [-0.1, -0.05) is 24.3 Å². The fourth-order valence-electron chi connectivity index (χ4n) is 2.53. The van der Waals surface area contributed by atoms with E-state index in [0.29, 0.717) is 28.4 Å². The van der Waals surface area contributed by atoms with Crippen molar-refractivity contribution >= 4 is 14.5 Å². The summed E-state index contributed by atoms with van der Waals surface area (Å²) < 4.78 is 36.7. The summed E-state index contributed by atoms with van der Waals surface area (Å²) in [4.78, 5) is 13.3. The van der Waals surface area contributed by atoms with Gasteiger partial charge in [-0.15, -0.1) is 0 Å². The standard InChI is InChI=1S/C19H21O7P/c1-12(26-27-21)25-11-13-7-5-6-8-15(13)19(20)18-16(23-3)9-14(22-2)10-17(18)24-4/h5-10,12H,11H2,1-4H3. The molecule has 1 unspecified atom stereocenters. The summed E-state index contributed by atoms with van der Waals surface area (Å²) in [6.45, 7) is 1.73. The molecular formula is C19H21O7P. The Labute approximate surface area is 159 Å². The van der Waals surface area contributed by atoms with Crippen LogP contribution in [0.3, 0.4) is 0 Å². The first-order valence-corrected chi connectivity index (χ1v) is 8.81. The van der Waals surface area contributed by atoms with Crippen LogP contribution in [0, 0.1) is 0 Å². The van der Waals surface area contributed by atoms with E-state index in [1.54, 1.807) is 43.3 Å². The van der Waals surface area contributed by atoms with Gasteiger partial charge in [0.15, 0.2) is 6.29 Å². The third-order valence-electron chi connectivity index (χ3n) is 3.87. The van der Waals surface area contributed by atoms with Gasteiger partial charge >= 0.3 is 8.69 Å². The fourth-order valence-corrected chi connectivity index (χ4v) is 2.71. The van der Waals surface area contributed by atoms with Gasteiger partial charge in [-0.05, 0) is 12.5 Å². The van der Waals surface area contributed by atoms with Crippen LogP contribution < -0.4 is 14.2 Å². The second-order valence-electron chi connectivity index (χ2n) is 5.45. The average Bonchev–Trinajstić information content (AvgIpc) is 2.71. The molecule has 0 heterocycles. The lowest BCUT2D eigenvalue weighted by Crippen LogP contribution is -2.13. The molecule has 144 valence electrons. The number of ether oxygens (including phenoxy) is 4. The zero-order valence-corrected chi connectivity index (χ0v) is 16.4. The molecule has 0 radical (unpaired) electrons. The molecule has 0 bridgehead atoms. The molecule has 0 aliphatic carbocycles. The number of ketones is 1. The minimum atomic E-state index is -0.683. The van der Waals surface area contributed by atoms with E-state index in [0.717, 1.165) is 0 Å². The molecule has 1 atom stereocenters. The van der Waals surface area contributed by atoms with E-state index < -0.39 is 15.0 Å². The fraction of sp³-hybridized carbons (Fsp3) is 0.316. The summed E-state index contributed by atoms with van der Waals surface area (Å²) in [5.41, 5.74) is 1.38. The van der Waals surface area contributed by atoms with Gasteiger partial charge in [0.05, 0.1) is 27.9 Å². The number of carbonyl (C=O) groups excluding carboxylic acids is 1. The van der Waals surface area contributed by atoms with E-state index in [1.165, 1.54) is 21.3 Å². The average molecular weight is 392 g/mol. The second kappa shape index (κ2) is 10.0. The van der Waals surface area contributed by atoms with Crippen LogP contribution in [-0.2, 0) is 20.4 Å². The van der Waals surface area contributed by atoms with Crippen molar-refractivity contribution in [3.63, 3.8) is 0 Å². The Morgan fingerprint density at radius 2 is 1.67 bits per heavy atom. The molecule has 0 spiro atoms. The van der Waals surface area contributed by atoms with Gasteiger partial charge in [0.1, 0.15) is 22.8 Å². The molecule has 0 aliphatic rings. The molecule has 0 aromatic heterocycles. The SMILES string of the molecule is COc1cc(OC)c(C(=O)c2ccccc2COC(C)OP=O)c(OC)c1. The van der Waals surface area contributed by atoms with Crippen molar-refractivity contribution in [2.45, 2.75) is 19.8 Å². The maximum atomic E-state index is 13.3. The van der Waals surface area contributed by atoms with Gasteiger partial charge in [0, 0.05) is 17.7 Å². The quantitative estimate of drug-likeness (QED) is 0.343. The summed E-state index contributed by atoms with van der Waals surface area (Å²) in [5, 5.41) is 0. The normalized spacial score (nSPS) is 11.9. The highest BCUT2D eigenvalue weighted by atomic mass is 31.1. The Kier molecular flexibility index (Phi) is 7.73. The van der Waals surface area contributed by atoms with E-state index in [2.05, 4.69) is 0 Å². The Hall–Kier alpha value is -2.47. The molecule has 27 heavy (non-hydrogen) atoms. The summed E-state index contributed by atoms with van der Waals surface area (Å²) >= 11 is 0. The van der Waals surface area contributed by atoms with Crippen molar-refractivity contribution in [2.24, 2.45) is 0 Å². The zero-order chi connectivity index (χ0) is 19.8. The van der Waals surface area contributed by atoms with Crippen LogP contribution in [0.1, 0.15) is 28.4 Å². The van der Waals surface area contributed by atoms with Crippen molar-refractivity contribution in [1.29, 1.82) is 0 Å². The van der Waals surface area contributed by atoms with Crippen LogP contribution in [0.5, 0.6) is 17.2 Å². The minimum absolute atomic E-state index is 0.111. The Balaban J connectivity index is 2.42. The van der Waals surface area contributed by atoms with Crippen LogP contribution in [-0.4, -0.2) is 33.4 Å². The number of hydrogen-bond acceptors (Lipinski definition) is 7. The van der Waals surface area contributed by atoms with E-state index >= 15 is 0 Å². The number of benzene rings is 2. The van der Waals surface area contributed by atoms with Crippen LogP contribution in [0.15, 0.2) is 36.4 Å². The summed E-state index contributed by atoms with van der Waals surface area (Å²) in [6.07, 6.45) is -0.683. The van der Waals surface area contributed by atoms with Crippen molar-refractivity contribution in [3.05, 3.63) is 53.1 Å². The number of methoxy groups -OCH3 is 3. The van der Waals surface area contributed by atoms with Gasteiger partial charge in [0.2, 0.25) is 5.78 Å². The molecule has 0 aliphatic heterocycles. The van der Waals surface area contributed by atoms with Crippen LogP contribution >= 0.6 is 8.69 Å². The Morgan fingerprint density at radius 3 is 2.22 bits per heavy atom. The van der Waals surface area contributed by atoms with Crippen molar-refractivity contribution in [1.82, 2.24) is 0 Å². The lowest BCUT2D eigenvalue weighted by Gasteiger charge is -2.16. The van der Waals surface area contributed by atoms with Gasteiger partial charge < -0.3 is 18.9 Å². The first-order valence-electron chi connectivity index (χ1n) is 8.08. The predicted molar refractivity (Wildman–Crippen MR) is 98.9 cm³/mol. The Morgan fingerprint density at radius 1 is 1.04 bits per heavy atom. The summed E-state index contributed by atoms with van der Waals surface area (Å²) in [6, 6.07) is 10.3. The van der Waals surface area contributed by atoms with Gasteiger partial charge in [-0.3, -0.25) is 9.32 Å². The molecule has 2 rings (SSSR count). The maximum Gasteiger partial charge on any atom is 0.329 e. The highest BCUT2D eigenvalue weighted by Crippen LogP contribution is 2.36. The van der Waals surface area contributed by atoms with E-state index in [9.17, 15) is 9.36 Å². The lowest BCUT2D eigenvalue weighted by molar-refractivity contribution is -0.0693. The Bertz CT molecular complexity index is 781. The maximum absolute atomic E-state index is 13.3. The highest BCUT2D eigenvalue weighted by Gasteiger charge is 2.23. The van der Waals surface area contributed by atoms with Crippen LogP contribution in [0.4, 0.5) is 0 Å². The second-order valence-corrected chi connectivity index (χ2v) is 5.81. The molecule has 0 saturated heterocycles. The third kappa shape index (κ3) is 5.04. The summed E-state index contributed by atoms with van der Waals surface area (Å²) in [5.74, 6) is 0.920. The molecule has 7 nitrogen and oxygen atoms in total. The van der Waals surface area contributed by atoms with Crippen molar-refractivity contribution < 1.29 is 32.8 Å². The number of rotatable bonds is 10. The minimum Gasteiger partial charge on any atom is -0.496 e. The van der Waals surface area contributed by atoms with E-state index in [-0.39, 0.29) is 18.0 Å². The molecule has 0 amide bonds. The largest absolute Gasteiger partial charge is 0.496 e. The van der Waals surface area contributed by atoms with E-state index in [4.69, 9.17) is 23.5 Å². The molecule has 0 fully saturated rings. The highest BCUT2D eigenvalue weighted by molar-refractivity contribution is 7.17. The smallest absolute Gasteiger partial charge is 0.329 e. The molecule has 2 aromatic carbocycles. The predicted octanol–water partition coefficient (Wildman–Crippen LogP) is 4.03. The molecule has 0 N–H and O–H groups in total. The molecule has 2 aromatic rings. The van der Waals surface area contributed by atoms with Crippen molar-refractivity contribution in [3.8, 4) is 17.2 Å². The summed E-state index contributed by atoms with van der Waals surface area (Å²) in [7, 11) is 4.00. The van der Waals surface area contributed by atoms with Gasteiger partial charge in [-0.25, -0.2) is 4.57 Å². The monoisotopic (exact) mass is 392 g/mol. The first-order chi connectivity index (χ1) is 13.0. The van der Waals surface area contributed by atoms with Crippen LogP contribution in [0.2, 0.25) is 0 Å².